The van der Waals surface area contributed by atoms with Crippen molar-refractivity contribution in [1.29, 1.82) is 5.26 Å². The summed E-state index contributed by atoms with van der Waals surface area (Å²) in [5, 5.41) is 24.7. The van der Waals surface area contributed by atoms with E-state index in [1.807, 2.05) is 6.07 Å². The molecule has 174 valence electrons. The van der Waals surface area contributed by atoms with Gasteiger partial charge in [-0.25, -0.2) is 14.3 Å². The van der Waals surface area contributed by atoms with Crippen LogP contribution in [0.15, 0.2) is 65.9 Å². The number of nitrogens with one attached hydrogen (secondary N) is 2. The molecule has 0 fully saturated rings. The predicted molar refractivity (Wildman–Crippen MR) is 111 cm³/mol. The number of halogens is 4. The van der Waals surface area contributed by atoms with Gasteiger partial charge in [-0.3, -0.25) is 9.99 Å². The van der Waals surface area contributed by atoms with E-state index in [9.17, 15) is 13.9 Å². The average molecular weight is 472 g/mol. The first-order valence-electron chi connectivity index (χ1n) is 9.74. The number of hydrazone groups is 1. The Morgan fingerprint density at radius 2 is 1.79 bits per heavy atom. The number of rotatable bonds is 7. The minimum absolute atomic E-state index is 0.162. The number of hydrogen-bond acceptors (Lipinski definition) is 8. The molecule has 1 aliphatic rings. The van der Waals surface area contributed by atoms with Gasteiger partial charge < -0.3 is 9.84 Å². The van der Waals surface area contributed by atoms with Crippen LogP contribution >= 0.6 is 0 Å². The smallest absolute Gasteiger partial charge is 0.311 e. The van der Waals surface area contributed by atoms with Gasteiger partial charge in [-0.05, 0) is 48.5 Å². The first-order valence-corrected chi connectivity index (χ1v) is 9.74. The Morgan fingerprint density at radius 1 is 1.06 bits per heavy atom. The number of nitriles is 1. The number of hydrogen-bond donors (Lipinski definition) is 3. The summed E-state index contributed by atoms with van der Waals surface area (Å²) in [7, 11) is 0. The van der Waals surface area contributed by atoms with Crippen LogP contribution in [0.3, 0.4) is 0 Å². The molecule has 3 N–H and O–H groups in total. The van der Waals surface area contributed by atoms with Gasteiger partial charge in [0.2, 0.25) is 0 Å². The van der Waals surface area contributed by atoms with Crippen LogP contribution < -0.4 is 15.8 Å². The Labute approximate surface area is 190 Å². The molecule has 0 aliphatic carbocycles. The maximum Gasteiger partial charge on any atom is 0.311 e. The molecule has 0 radical (unpaired) electrons. The number of aliphatic hydroxyl groups is 1. The largest absolute Gasteiger partial charge is 0.456 e. The molecule has 1 aromatic heterocycles. The molecular weight excluding hydrogens is 456 g/mol. The number of aromatic nitrogens is 1. The summed E-state index contributed by atoms with van der Waals surface area (Å²) in [6.07, 6.45) is 2.21. The van der Waals surface area contributed by atoms with E-state index < -0.39 is 41.0 Å². The minimum atomic E-state index is -4.24. The van der Waals surface area contributed by atoms with Crippen molar-refractivity contribution in [1.82, 2.24) is 21.1 Å². The fourth-order valence-corrected chi connectivity index (χ4v) is 3.27. The normalized spacial score (nSPS) is 14.9. The van der Waals surface area contributed by atoms with E-state index in [0.717, 1.165) is 23.6 Å². The highest BCUT2D eigenvalue weighted by molar-refractivity contribution is 5.55. The van der Waals surface area contributed by atoms with Crippen molar-refractivity contribution in [2.24, 2.45) is 5.10 Å². The first-order chi connectivity index (χ1) is 16.2. The summed E-state index contributed by atoms with van der Waals surface area (Å²) in [5.41, 5.74) is 0.361. The summed E-state index contributed by atoms with van der Waals surface area (Å²) in [4.78, 5) is 3.94. The summed E-state index contributed by atoms with van der Waals surface area (Å²) in [6.45, 7) is -0.809. The monoisotopic (exact) mass is 472 g/mol. The molecule has 0 bridgehead atoms. The Kier molecular flexibility index (Phi) is 6.06. The molecule has 0 spiro atoms. The number of hydrazine groups is 2. The Bertz CT molecular complexity index is 1250. The molecular formula is C22H16F4N6O2. The zero-order valence-corrected chi connectivity index (χ0v) is 17.2. The number of benzene rings is 2. The lowest BCUT2D eigenvalue weighted by molar-refractivity contribution is -0.205. The van der Waals surface area contributed by atoms with Crippen molar-refractivity contribution in [3.8, 4) is 17.6 Å². The summed E-state index contributed by atoms with van der Waals surface area (Å²) >= 11 is 0. The maximum atomic E-state index is 15.6. The number of β-amino-alcohol motifs (C(OH)–C–C–N with tert-alkyl or cyclic N) is 1. The van der Waals surface area contributed by atoms with Gasteiger partial charge >= 0.3 is 5.92 Å². The van der Waals surface area contributed by atoms with Crippen molar-refractivity contribution in [2.75, 3.05) is 6.54 Å². The zero-order valence-electron chi connectivity index (χ0n) is 17.2. The third kappa shape index (κ3) is 4.34. The number of alkyl halides is 2. The van der Waals surface area contributed by atoms with Crippen molar-refractivity contribution in [3.63, 3.8) is 0 Å². The quantitative estimate of drug-likeness (QED) is 0.453. The fraction of sp³-hybridized carbons (Fsp3) is 0.136. The van der Waals surface area contributed by atoms with Gasteiger partial charge in [0.15, 0.2) is 5.60 Å². The lowest BCUT2D eigenvalue weighted by Gasteiger charge is -2.37. The van der Waals surface area contributed by atoms with Gasteiger partial charge in [-0.2, -0.15) is 19.1 Å². The lowest BCUT2D eigenvalue weighted by Crippen LogP contribution is -2.54. The van der Waals surface area contributed by atoms with Gasteiger partial charge in [0.05, 0.1) is 35.6 Å². The van der Waals surface area contributed by atoms with E-state index in [2.05, 4.69) is 21.2 Å². The predicted octanol–water partition coefficient (Wildman–Crippen LogP) is 3.27. The van der Waals surface area contributed by atoms with Crippen LogP contribution in [-0.4, -0.2) is 28.0 Å². The van der Waals surface area contributed by atoms with Crippen LogP contribution in [0.2, 0.25) is 0 Å². The van der Waals surface area contributed by atoms with Crippen LogP contribution in [0.25, 0.3) is 0 Å². The summed E-state index contributed by atoms with van der Waals surface area (Å²) < 4.78 is 64.5. The van der Waals surface area contributed by atoms with Crippen LogP contribution in [0, 0.1) is 23.0 Å². The van der Waals surface area contributed by atoms with Gasteiger partial charge in [0.1, 0.15) is 29.5 Å². The van der Waals surface area contributed by atoms with Crippen molar-refractivity contribution in [3.05, 3.63) is 89.2 Å². The molecule has 0 saturated carbocycles. The molecule has 0 amide bonds. The first kappa shape index (κ1) is 23.0. The van der Waals surface area contributed by atoms with Crippen LogP contribution in [0.5, 0.6) is 11.5 Å². The molecule has 34 heavy (non-hydrogen) atoms. The number of nitrogens with zero attached hydrogens (tertiary/aromatic N) is 4. The van der Waals surface area contributed by atoms with E-state index in [0.29, 0.717) is 29.5 Å². The summed E-state index contributed by atoms with van der Waals surface area (Å²) in [6, 6.07) is 12.1. The van der Waals surface area contributed by atoms with Crippen molar-refractivity contribution < 1.29 is 27.4 Å². The van der Waals surface area contributed by atoms with Gasteiger partial charge in [0.25, 0.3) is 0 Å². The molecule has 3 aromatic rings. The molecule has 0 saturated heterocycles. The number of pyridine rings is 1. The zero-order chi connectivity index (χ0) is 24.3. The minimum Gasteiger partial charge on any atom is -0.456 e. The molecule has 4 rings (SSSR count). The Balaban J connectivity index is 1.68. The Morgan fingerprint density at radius 3 is 2.38 bits per heavy atom. The SMILES string of the molecule is N#Cc1ccc(Oc2ccc(C(O)(CN3C=NNN3)C(F)(F)c3ccc(F)cc3F)nc2)cc1. The molecule has 2 aromatic carbocycles. The molecule has 1 atom stereocenters. The third-order valence-electron chi connectivity index (χ3n) is 5.02. The second-order valence-electron chi connectivity index (χ2n) is 7.27. The highest BCUT2D eigenvalue weighted by Gasteiger charge is 2.58. The van der Waals surface area contributed by atoms with Gasteiger partial charge in [-0.15, -0.1) is 5.53 Å². The molecule has 2 heterocycles. The molecule has 1 unspecified atom stereocenters. The topological polar surface area (TPSA) is 106 Å². The van der Waals surface area contributed by atoms with E-state index >= 15 is 8.78 Å². The average Bonchev–Trinajstić information content (AvgIpc) is 3.32. The van der Waals surface area contributed by atoms with Crippen molar-refractivity contribution >= 4 is 6.34 Å². The molecule has 12 heteroatoms. The highest BCUT2D eigenvalue weighted by atomic mass is 19.3. The van der Waals surface area contributed by atoms with E-state index in [1.165, 1.54) is 18.2 Å². The third-order valence-corrected chi connectivity index (χ3v) is 5.02. The highest BCUT2D eigenvalue weighted by Crippen LogP contribution is 2.46. The van der Waals surface area contributed by atoms with Gasteiger partial charge in [0, 0.05) is 6.07 Å². The molecule has 1 aliphatic heterocycles. The number of ether oxygens (including phenoxy) is 1. The standard InChI is InChI=1S/C22H16F4N6O2/c23-15-3-7-18(19(24)9-15)22(25,26)21(33,12-32-13-29-30-31-32)20-8-6-17(11-28-20)34-16-4-1-14(10-27)2-5-16/h1-9,11,13,30-31,33H,12H2. The van der Waals surface area contributed by atoms with Crippen molar-refractivity contribution in [2.45, 2.75) is 11.5 Å². The van der Waals surface area contributed by atoms with Crippen LogP contribution in [0.4, 0.5) is 17.6 Å². The Hall–Kier alpha value is -4.21. The van der Waals surface area contributed by atoms with E-state index in [-0.39, 0.29) is 5.75 Å². The second-order valence-corrected chi connectivity index (χ2v) is 7.27. The maximum absolute atomic E-state index is 15.6. The van der Waals surface area contributed by atoms with E-state index in [1.54, 1.807) is 12.1 Å². The van der Waals surface area contributed by atoms with Gasteiger partial charge in [-0.1, -0.05) is 0 Å². The lowest BCUT2D eigenvalue weighted by atomic mass is 9.85. The molecule has 8 nitrogen and oxygen atoms in total. The summed E-state index contributed by atoms with van der Waals surface area (Å²) in [5.74, 6) is -6.28. The second kappa shape index (κ2) is 8.97. The fourth-order valence-electron chi connectivity index (χ4n) is 3.27. The van der Waals surface area contributed by atoms with Crippen LogP contribution in [0.1, 0.15) is 16.8 Å². The van der Waals surface area contributed by atoms with Crippen LogP contribution in [-0.2, 0) is 11.5 Å². The van der Waals surface area contributed by atoms with E-state index in [4.69, 9.17) is 10.00 Å².